The Morgan fingerprint density at radius 3 is 2.29 bits per heavy atom. The van der Waals surface area contributed by atoms with Gasteiger partial charge in [-0.25, -0.2) is 9.59 Å². The van der Waals surface area contributed by atoms with Gasteiger partial charge in [-0.2, -0.15) is 0 Å². The molecule has 1 unspecified atom stereocenters. The van der Waals surface area contributed by atoms with E-state index >= 15 is 0 Å². The molecule has 0 spiro atoms. The van der Waals surface area contributed by atoms with Crippen LogP contribution < -0.4 is 0 Å². The lowest BCUT2D eigenvalue weighted by Gasteiger charge is -2.31. The van der Waals surface area contributed by atoms with Crippen molar-refractivity contribution in [3.05, 3.63) is 46.0 Å². The molecule has 0 aliphatic heterocycles. The van der Waals surface area contributed by atoms with Crippen molar-refractivity contribution < 1.29 is 29.1 Å². The molecular weight excluding hydrogens is 282 g/mol. The maximum atomic E-state index is 12.0. The summed E-state index contributed by atoms with van der Waals surface area (Å²) < 4.78 is 9.38. The molecule has 2 atom stereocenters. The minimum absolute atomic E-state index is 0.295. The summed E-state index contributed by atoms with van der Waals surface area (Å²) in [5.74, 6) is -4.18. The molecule has 0 aliphatic carbocycles. The zero-order valence-corrected chi connectivity index (χ0v) is 11.5. The number of benzene rings is 1. The number of rotatable bonds is 7. The largest absolute Gasteiger partial charge is 0.479 e. The molecular formula is C13H15NO7. The van der Waals surface area contributed by atoms with E-state index in [4.69, 9.17) is 4.74 Å². The Hall–Kier alpha value is -2.48. The highest BCUT2D eigenvalue weighted by Crippen LogP contribution is 2.33. The fourth-order valence-electron chi connectivity index (χ4n) is 2.15. The highest BCUT2D eigenvalue weighted by molar-refractivity contribution is 6.04. The van der Waals surface area contributed by atoms with Gasteiger partial charge in [-0.3, -0.25) is 10.1 Å². The van der Waals surface area contributed by atoms with Crippen LogP contribution in [-0.4, -0.2) is 48.3 Å². The summed E-state index contributed by atoms with van der Waals surface area (Å²) in [6, 6.07) is 7.82. The van der Waals surface area contributed by atoms with Crippen LogP contribution in [0.5, 0.6) is 0 Å². The van der Waals surface area contributed by atoms with Crippen LogP contribution in [0.4, 0.5) is 0 Å². The van der Waals surface area contributed by atoms with Crippen LogP contribution in [0, 0.1) is 10.1 Å². The molecule has 0 saturated heterocycles. The van der Waals surface area contributed by atoms with Gasteiger partial charge in [0, 0.05) is 12.0 Å². The molecule has 8 nitrogen and oxygen atoms in total. The predicted octanol–water partition coefficient (Wildman–Crippen LogP) is 0.690. The van der Waals surface area contributed by atoms with Gasteiger partial charge in [0.05, 0.1) is 13.0 Å². The van der Waals surface area contributed by atoms with Crippen molar-refractivity contribution in [1.82, 2.24) is 0 Å². The van der Waals surface area contributed by atoms with Gasteiger partial charge in [0.15, 0.2) is 0 Å². The van der Waals surface area contributed by atoms with Crippen LogP contribution in [0.15, 0.2) is 30.3 Å². The number of hydrogen-bond acceptors (Lipinski definition) is 6. The number of nitrogens with zero attached hydrogens (tertiary/aromatic N) is 1. The number of methoxy groups -OCH3 is 2. The lowest BCUT2D eigenvalue weighted by atomic mass is 9.81. The van der Waals surface area contributed by atoms with Crippen molar-refractivity contribution >= 4 is 11.9 Å². The molecule has 21 heavy (non-hydrogen) atoms. The maximum absolute atomic E-state index is 12.0. The number of carboxylic acids is 1. The second kappa shape index (κ2) is 6.80. The molecule has 1 N–H and O–H groups in total. The van der Waals surface area contributed by atoms with Gasteiger partial charge in [-0.1, -0.05) is 30.3 Å². The third kappa shape index (κ3) is 3.16. The maximum Gasteiger partial charge on any atom is 0.350 e. The number of carboxylic acid groups (broad SMARTS) is 1. The summed E-state index contributed by atoms with van der Waals surface area (Å²) in [5, 5.41) is 20.3. The number of esters is 1. The molecule has 8 heteroatoms. The van der Waals surface area contributed by atoms with E-state index in [1.54, 1.807) is 18.2 Å². The summed E-state index contributed by atoms with van der Waals surface area (Å²) in [5.41, 5.74) is -2.19. The number of carbonyl (C=O) groups is 2. The quantitative estimate of drug-likeness (QED) is 0.340. The molecule has 1 aromatic rings. The third-order valence-corrected chi connectivity index (χ3v) is 3.15. The fraction of sp³-hybridized carbons (Fsp3) is 0.385. The molecule has 0 radical (unpaired) electrons. The lowest BCUT2D eigenvalue weighted by molar-refractivity contribution is -0.486. The first-order valence-corrected chi connectivity index (χ1v) is 5.93. The molecule has 1 rings (SSSR count). The molecule has 0 heterocycles. The van der Waals surface area contributed by atoms with Gasteiger partial charge >= 0.3 is 11.9 Å². The van der Waals surface area contributed by atoms with Crippen LogP contribution in [0.2, 0.25) is 0 Å². The highest BCUT2D eigenvalue weighted by atomic mass is 16.6. The van der Waals surface area contributed by atoms with Crippen molar-refractivity contribution in [3.8, 4) is 0 Å². The van der Waals surface area contributed by atoms with Gasteiger partial charge in [0.25, 0.3) is 5.60 Å². The first-order chi connectivity index (χ1) is 9.90. The minimum atomic E-state index is -2.48. The Bertz CT molecular complexity index is 531. The second-order valence-electron chi connectivity index (χ2n) is 4.22. The number of aliphatic carboxylic acids is 1. The van der Waals surface area contributed by atoms with E-state index in [2.05, 4.69) is 4.74 Å². The molecule has 0 amide bonds. The van der Waals surface area contributed by atoms with E-state index in [0.717, 1.165) is 14.2 Å². The predicted molar refractivity (Wildman–Crippen MR) is 70.4 cm³/mol. The van der Waals surface area contributed by atoms with Crippen LogP contribution in [-0.2, 0) is 19.1 Å². The normalized spacial score (nSPS) is 14.8. The Morgan fingerprint density at radius 1 is 1.33 bits per heavy atom. The van der Waals surface area contributed by atoms with Crippen molar-refractivity contribution in [2.45, 2.75) is 11.5 Å². The van der Waals surface area contributed by atoms with Gasteiger partial charge in [0.2, 0.25) is 6.54 Å². The van der Waals surface area contributed by atoms with Gasteiger partial charge in [0.1, 0.15) is 0 Å². The first-order valence-electron chi connectivity index (χ1n) is 5.93. The first kappa shape index (κ1) is 16.6. The summed E-state index contributed by atoms with van der Waals surface area (Å²) in [6.07, 6.45) is 0. The molecule has 0 aromatic heterocycles. The fourth-order valence-corrected chi connectivity index (χ4v) is 2.15. The highest BCUT2D eigenvalue weighted by Gasteiger charge is 2.57. The number of ether oxygens (including phenoxy) is 2. The average Bonchev–Trinajstić information content (AvgIpc) is 2.47. The molecule has 1 aromatic carbocycles. The number of nitro groups is 1. The molecule has 114 valence electrons. The molecule has 0 bridgehead atoms. The molecule has 0 aliphatic rings. The Balaban J connectivity index is 3.47. The topological polar surface area (TPSA) is 116 Å². The van der Waals surface area contributed by atoms with E-state index in [9.17, 15) is 24.8 Å². The SMILES string of the molecule is COC(=O)[C@](OC)(C(=O)O)C(C[N+](=O)[O-])c1ccccc1. The van der Waals surface area contributed by atoms with E-state index in [-0.39, 0.29) is 0 Å². The lowest BCUT2D eigenvalue weighted by Crippen LogP contribution is -2.55. The monoisotopic (exact) mass is 297 g/mol. The van der Waals surface area contributed by atoms with Crippen LogP contribution in [0.25, 0.3) is 0 Å². The Labute approximate surface area is 120 Å². The average molecular weight is 297 g/mol. The minimum Gasteiger partial charge on any atom is -0.479 e. The Morgan fingerprint density at radius 2 is 1.90 bits per heavy atom. The van der Waals surface area contributed by atoms with Crippen LogP contribution in [0.1, 0.15) is 11.5 Å². The van der Waals surface area contributed by atoms with Crippen molar-refractivity contribution in [3.63, 3.8) is 0 Å². The summed E-state index contributed by atoms with van der Waals surface area (Å²) in [4.78, 5) is 33.7. The van der Waals surface area contributed by atoms with E-state index in [0.29, 0.717) is 5.56 Å². The zero-order chi connectivity index (χ0) is 16.0. The number of hydrogen-bond donors (Lipinski definition) is 1. The van der Waals surface area contributed by atoms with Crippen LogP contribution >= 0.6 is 0 Å². The van der Waals surface area contributed by atoms with Crippen LogP contribution in [0.3, 0.4) is 0 Å². The summed E-state index contributed by atoms with van der Waals surface area (Å²) in [6.45, 7) is -0.792. The zero-order valence-electron chi connectivity index (χ0n) is 11.5. The summed E-state index contributed by atoms with van der Waals surface area (Å²) >= 11 is 0. The molecule has 0 saturated carbocycles. The van der Waals surface area contributed by atoms with Gasteiger partial charge < -0.3 is 14.6 Å². The number of carbonyl (C=O) groups excluding carboxylic acids is 1. The van der Waals surface area contributed by atoms with E-state index in [1.807, 2.05) is 0 Å². The van der Waals surface area contributed by atoms with Crippen molar-refractivity contribution in [2.75, 3.05) is 20.8 Å². The standard InChI is InChI=1S/C13H15NO7/c1-20-12(17)13(21-2,11(15)16)10(8-14(18)19)9-6-4-3-5-7-9/h3-7,10H,8H2,1-2H3,(H,15,16)/t10?,13-/m1/s1. The van der Waals surface area contributed by atoms with Crippen molar-refractivity contribution in [2.24, 2.45) is 0 Å². The molecule has 0 fully saturated rings. The van der Waals surface area contributed by atoms with Gasteiger partial charge in [-0.05, 0) is 5.56 Å². The second-order valence-corrected chi connectivity index (χ2v) is 4.22. The van der Waals surface area contributed by atoms with E-state index < -0.39 is 34.9 Å². The Kier molecular flexibility index (Phi) is 5.37. The smallest absolute Gasteiger partial charge is 0.350 e. The van der Waals surface area contributed by atoms with Gasteiger partial charge in [-0.15, -0.1) is 0 Å². The van der Waals surface area contributed by atoms with E-state index in [1.165, 1.54) is 12.1 Å². The van der Waals surface area contributed by atoms with Crippen molar-refractivity contribution in [1.29, 1.82) is 0 Å². The third-order valence-electron chi connectivity index (χ3n) is 3.15. The summed E-state index contributed by atoms with van der Waals surface area (Å²) in [7, 11) is 1.99.